The number of carbonyl (C=O) groups excluding carboxylic acids is 1. The Kier molecular flexibility index (Phi) is 13.9. The van der Waals surface area contributed by atoms with E-state index in [0.29, 0.717) is 18.1 Å². The molecule has 1 fully saturated rings. The summed E-state index contributed by atoms with van der Waals surface area (Å²) in [5.74, 6) is 1.19. The molecule has 3 aromatic carbocycles. The molecule has 0 heterocycles. The van der Waals surface area contributed by atoms with Gasteiger partial charge in [0.05, 0.1) is 24.9 Å². The molecule has 1 aliphatic carbocycles. The number of anilines is 1. The van der Waals surface area contributed by atoms with Crippen LogP contribution in [0.5, 0.6) is 11.5 Å². The zero-order valence-corrected chi connectivity index (χ0v) is 28.4. The molecule has 0 spiro atoms. The first-order valence-corrected chi connectivity index (χ1v) is 17.9. The molecule has 0 bridgehead atoms. The molecule has 1 aliphatic rings. The van der Waals surface area contributed by atoms with Gasteiger partial charge < -0.3 is 14.8 Å². The number of ether oxygens (including phenoxy) is 2. The highest BCUT2D eigenvalue weighted by molar-refractivity contribution is 7.85. The molecule has 2 N–H and O–H groups in total. The molecule has 4 rings (SSSR count). The summed E-state index contributed by atoms with van der Waals surface area (Å²) in [4.78, 5) is 13.7. The molecule has 1 atom stereocenters. The minimum Gasteiger partial charge on any atom is -0.494 e. The molecular formula is C37H51NO6S. The van der Waals surface area contributed by atoms with Crippen molar-refractivity contribution >= 4 is 21.7 Å². The predicted octanol–water partition coefficient (Wildman–Crippen LogP) is 8.59. The number of amides is 1. The predicted molar refractivity (Wildman–Crippen MR) is 183 cm³/mol. The second-order valence-electron chi connectivity index (χ2n) is 12.6. The van der Waals surface area contributed by atoms with Gasteiger partial charge in [-0.15, -0.1) is 0 Å². The monoisotopic (exact) mass is 637 g/mol. The summed E-state index contributed by atoms with van der Waals surface area (Å²) in [5.41, 5.74) is 3.84. The summed E-state index contributed by atoms with van der Waals surface area (Å²) in [7, 11) is -4.00. The molecule has 246 valence electrons. The first-order valence-electron chi connectivity index (χ1n) is 16.3. The van der Waals surface area contributed by atoms with E-state index in [-0.39, 0.29) is 30.1 Å². The van der Waals surface area contributed by atoms with Gasteiger partial charge in [0, 0.05) is 5.69 Å². The third kappa shape index (κ3) is 12.5. The molecule has 8 heteroatoms. The van der Waals surface area contributed by atoms with Gasteiger partial charge in [-0.25, -0.2) is 0 Å². The van der Waals surface area contributed by atoms with Crippen LogP contribution in [-0.4, -0.2) is 37.8 Å². The fraction of sp³-hybridized carbons (Fsp3) is 0.486. The van der Waals surface area contributed by atoms with E-state index >= 15 is 0 Å². The van der Waals surface area contributed by atoms with Crippen molar-refractivity contribution in [2.75, 3.05) is 24.3 Å². The topological polar surface area (TPSA) is 102 Å². The molecule has 1 amide bonds. The standard InChI is InChI=1S/C35H45NO6S.C2H6/c1-35(2,3)29-14-12-28(13-15-29)33(24-26-10-18-31(19-11-26)41-22-7-23-43(38,39)40)34(37)36-30-16-20-32(21-17-30)42-25-27-8-5-4-6-9-27;1-2/h10-21,27,33H,4-9,22-25H2,1-3H3,(H,36,37)(H,38,39,40);1-2H3. The molecule has 1 unspecified atom stereocenters. The van der Waals surface area contributed by atoms with E-state index in [1.54, 1.807) is 0 Å². The van der Waals surface area contributed by atoms with Crippen molar-refractivity contribution in [2.45, 2.75) is 90.9 Å². The minimum atomic E-state index is -4.00. The van der Waals surface area contributed by atoms with Gasteiger partial charge in [-0.2, -0.15) is 8.42 Å². The normalized spacial score (nSPS) is 14.5. The zero-order chi connectivity index (χ0) is 32.9. The number of hydrogen-bond acceptors (Lipinski definition) is 5. The Labute approximate surface area is 270 Å². The lowest BCUT2D eigenvalue weighted by Gasteiger charge is -2.22. The van der Waals surface area contributed by atoms with E-state index in [2.05, 4.69) is 38.2 Å². The Balaban J connectivity index is 0.00000271. The van der Waals surface area contributed by atoms with E-state index in [4.69, 9.17) is 14.0 Å². The van der Waals surface area contributed by atoms with Crippen molar-refractivity contribution in [3.63, 3.8) is 0 Å². The molecule has 0 aliphatic heterocycles. The van der Waals surface area contributed by atoms with Gasteiger partial charge in [0.2, 0.25) is 5.91 Å². The Morgan fingerprint density at radius 1 is 0.867 bits per heavy atom. The highest BCUT2D eigenvalue weighted by Crippen LogP contribution is 2.29. The van der Waals surface area contributed by atoms with E-state index in [1.807, 2.05) is 74.5 Å². The van der Waals surface area contributed by atoms with Crippen LogP contribution in [0.4, 0.5) is 5.69 Å². The summed E-state index contributed by atoms with van der Waals surface area (Å²) in [6, 6.07) is 23.3. The second-order valence-corrected chi connectivity index (χ2v) is 14.2. The first kappa shape index (κ1) is 36.1. The van der Waals surface area contributed by atoms with Gasteiger partial charge in [0.25, 0.3) is 10.1 Å². The van der Waals surface area contributed by atoms with Gasteiger partial charge in [-0.3, -0.25) is 9.35 Å². The average molecular weight is 638 g/mol. The van der Waals surface area contributed by atoms with E-state index in [9.17, 15) is 13.2 Å². The largest absolute Gasteiger partial charge is 0.494 e. The Morgan fingerprint density at radius 3 is 2.02 bits per heavy atom. The van der Waals surface area contributed by atoms with Gasteiger partial charge >= 0.3 is 0 Å². The lowest BCUT2D eigenvalue weighted by Crippen LogP contribution is -2.23. The number of hydrogen-bond donors (Lipinski definition) is 2. The molecule has 0 saturated heterocycles. The maximum absolute atomic E-state index is 13.7. The molecule has 7 nitrogen and oxygen atoms in total. The number of benzene rings is 3. The summed E-state index contributed by atoms with van der Waals surface area (Å²) < 4.78 is 42.3. The van der Waals surface area contributed by atoms with Gasteiger partial charge in [0.15, 0.2) is 0 Å². The molecule has 0 aromatic heterocycles. The van der Waals surface area contributed by atoms with Crippen molar-refractivity contribution in [2.24, 2.45) is 5.92 Å². The number of rotatable bonds is 13. The summed E-state index contributed by atoms with van der Waals surface area (Å²) in [6.07, 6.45) is 7.06. The van der Waals surface area contributed by atoms with Gasteiger partial charge in [0.1, 0.15) is 11.5 Å². The first-order chi connectivity index (χ1) is 21.5. The Hall–Kier alpha value is -3.36. The maximum atomic E-state index is 13.7. The third-order valence-electron chi connectivity index (χ3n) is 8.01. The molecular weight excluding hydrogens is 586 g/mol. The molecule has 0 radical (unpaired) electrons. The Bertz CT molecular complexity index is 1410. The van der Waals surface area contributed by atoms with Crippen LogP contribution in [0.15, 0.2) is 72.8 Å². The van der Waals surface area contributed by atoms with Crippen LogP contribution in [0, 0.1) is 5.92 Å². The maximum Gasteiger partial charge on any atom is 0.264 e. The van der Waals surface area contributed by atoms with Crippen molar-refractivity contribution < 1.29 is 27.2 Å². The lowest BCUT2D eigenvalue weighted by atomic mass is 9.84. The second kappa shape index (κ2) is 17.4. The fourth-order valence-electron chi connectivity index (χ4n) is 5.40. The van der Waals surface area contributed by atoms with Crippen LogP contribution in [-0.2, 0) is 26.7 Å². The van der Waals surface area contributed by atoms with Crippen LogP contribution in [0.3, 0.4) is 0 Å². The molecule has 45 heavy (non-hydrogen) atoms. The van der Waals surface area contributed by atoms with E-state index in [0.717, 1.165) is 29.2 Å². The smallest absolute Gasteiger partial charge is 0.264 e. The van der Waals surface area contributed by atoms with Crippen LogP contribution in [0.2, 0.25) is 0 Å². The van der Waals surface area contributed by atoms with Crippen molar-refractivity contribution in [3.8, 4) is 11.5 Å². The van der Waals surface area contributed by atoms with Gasteiger partial charge in [-0.05, 0) is 90.1 Å². The SMILES string of the molecule is CC.CC(C)(C)c1ccc(C(Cc2ccc(OCCCS(=O)(=O)O)cc2)C(=O)Nc2ccc(OCC3CCCCC3)cc2)cc1. The highest BCUT2D eigenvalue weighted by atomic mass is 32.2. The number of nitrogens with one attached hydrogen (secondary N) is 1. The van der Waals surface area contributed by atoms with Crippen molar-refractivity contribution in [1.82, 2.24) is 0 Å². The summed E-state index contributed by atoms with van der Waals surface area (Å²) >= 11 is 0. The van der Waals surface area contributed by atoms with Crippen LogP contribution >= 0.6 is 0 Å². The van der Waals surface area contributed by atoms with Crippen molar-refractivity contribution in [1.29, 1.82) is 0 Å². The van der Waals surface area contributed by atoms with E-state index in [1.165, 1.54) is 37.7 Å². The highest BCUT2D eigenvalue weighted by Gasteiger charge is 2.23. The van der Waals surface area contributed by atoms with Gasteiger partial charge in [-0.1, -0.05) is 90.3 Å². The lowest BCUT2D eigenvalue weighted by molar-refractivity contribution is -0.117. The van der Waals surface area contributed by atoms with Crippen LogP contribution < -0.4 is 14.8 Å². The summed E-state index contributed by atoms with van der Waals surface area (Å²) in [5, 5.41) is 3.11. The minimum absolute atomic E-state index is 0.00822. The quantitative estimate of drug-likeness (QED) is 0.144. The third-order valence-corrected chi connectivity index (χ3v) is 8.81. The molecule has 3 aromatic rings. The van der Waals surface area contributed by atoms with Crippen molar-refractivity contribution in [3.05, 3.63) is 89.5 Å². The van der Waals surface area contributed by atoms with Crippen LogP contribution in [0.25, 0.3) is 0 Å². The summed E-state index contributed by atoms with van der Waals surface area (Å²) in [6.45, 7) is 11.4. The average Bonchev–Trinajstić information content (AvgIpc) is 3.03. The molecule has 1 saturated carbocycles. The fourth-order valence-corrected chi connectivity index (χ4v) is 5.88. The van der Waals surface area contributed by atoms with E-state index < -0.39 is 16.0 Å². The van der Waals surface area contributed by atoms with Crippen LogP contribution in [0.1, 0.15) is 95.8 Å². The Morgan fingerprint density at radius 2 is 1.44 bits per heavy atom. The number of carbonyl (C=O) groups is 1. The zero-order valence-electron chi connectivity index (χ0n) is 27.6.